The number of methoxy groups -OCH3 is 1. The first kappa shape index (κ1) is 11.2. The number of ether oxygens (including phenoxy) is 1. The van der Waals surface area contributed by atoms with Crippen LogP contribution in [0.15, 0.2) is 28.7 Å². The van der Waals surface area contributed by atoms with Crippen LogP contribution in [0.4, 0.5) is 0 Å². The summed E-state index contributed by atoms with van der Waals surface area (Å²) in [5.74, 6) is 0.610. The van der Waals surface area contributed by atoms with Crippen LogP contribution in [0, 0.1) is 0 Å². The summed E-state index contributed by atoms with van der Waals surface area (Å²) in [6.45, 7) is 2.41. The number of rotatable bonds is 4. The largest absolute Gasteiger partial charge is 0.458 e. The van der Waals surface area contributed by atoms with Crippen LogP contribution in [0.25, 0.3) is 11.0 Å². The molecule has 1 heterocycles. The molecule has 1 unspecified atom stereocenters. The molecule has 0 aliphatic heterocycles. The van der Waals surface area contributed by atoms with Crippen LogP contribution >= 0.6 is 0 Å². The van der Waals surface area contributed by atoms with Crippen LogP contribution in [0.2, 0.25) is 0 Å². The van der Waals surface area contributed by atoms with Crippen LogP contribution in [-0.4, -0.2) is 18.8 Å². The predicted molar refractivity (Wildman–Crippen MR) is 62.4 cm³/mol. The fourth-order valence-corrected chi connectivity index (χ4v) is 1.69. The molecule has 1 aromatic heterocycles. The summed E-state index contributed by atoms with van der Waals surface area (Å²) in [7, 11) is 1.70. The van der Waals surface area contributed by atoms with Gasteiger partial charge < -0.3 is 14.3 Å². The van der Waals surface area contributed by atoms with E-state index >= 15 is 0 Å². The molecule has 0 amide bonds. The van der Waals surface area contributed by atoms with Crippen molar-refractivity contribution in [1.82, 2.24) is 0 Å². The molecule has 0 bridgehead atoms. The normalized spacial score (nSPS) is 13.2. The van der Waals surface area contributed by atoms with Gasteiger partial charge in [-0.05, 0) is 37.1 Å². The molecule has 0 fully saturated rings. The maximum atomic E-state index is 9.42. The number of fused-ring (bicyclic) bond motifs is 1. The maximum absolute atomic E-state index is 9.42. The highest BCUT2D eigenvalue weighted by molar-refractivity contribution is 5.78. The van der Waals surface area contributed by atoms with E-state index in [0.29, 0.717) is 12.4 Å². The van der Waals surface area contributed by atoms with Gasteiger partial charge in [-0.3, -0.25) is 0 Å². The monoisotopic (exact) mass is 220 g/mol. The Bertz CT molecular complexity index is 471. The molecule has 0 saturated carbocycles. The molecule has 2 rings (SSSR count). The summed E-state index contributed by atoms with van der Waals surface area (Å²) < 4.78 is 10.5. The van der Waals surface area contributed by atoms with Gasteiger partial charge in [0, 0.05) is 12.5 Å². The van der Waals surface area contributed by atoms with Crippen LogP contribution in [-0.2, 0) is 11.2 Å². The van der Waals surface area contributed by atoms with Gasteiger partial charge in [0.1, 0.15) is 17.4 Å². The lowest BCUT2D eigenvalue weighted by Gasteiger charge is -1.99. The molecule has 16 heavy (non-hydrogen) atoms. The summed E-state index contributed by atoms with van der Waals surface area (Å²) in [6, 6.07) is 7.92. The number of hydrogen-bond donors (Lipinski definition) is 1. The Labute approximate surface area is 94.6 Å². The van der Waals surface area contributed by atoms with Crippen LogP contribution in [0.5, 0.6) is 0 Å². The van der Waals surface area contributed by atoms with Gasteiger partial charge in [0.2, 0.25) is 0 Å². The summed E-state index contributed by atoms with van der Waals surface area (Å²) in [5, 5.41) is 10.5. The molecule has 3 heteroatoms. The van der Waals surface area contributed by atoms with Crippen molar-refractivity contribution in [2.45, 2.75) is 19.4 Å². The van der Waals surface area contributed by atoms with Crippen molar-refractivity contribution in [2.75, 3.05) is 13.7 Å². The first-order chi connectivity index (χ1) is 7.70. The van der Waals surface area contributed by atoms with Crippen LogP contribution < -0.4 is 0 Å². The van der Waals surface area contributed by atoms with Gasteiger partial charge in [-0.1, -0.05) is 6.07 Å². The average Bonchev–Trinajstić information content (AvgIpc) is 2.69. The summed E-state index contributed by atoms with van der Waals surface area (Å²) in [6.07, 6.45) is 0.330. The standard InChI is InChI=1S/C13H16O3/c1-9(14)13-8-11-7-10(5-6-15-2)3-4-12(11)16-13/h3-4,7-9,14H,5-6H2,1-2H3. The van der Waals surface area contributed by atoms with E-state index in [2.05, 4.69) is 6.07 Å². The molecule has 86 valence electrons. The lowest BCUT2D eigenvalue weighted by Crippen LogP contribution is -1.93. The number of hydrogen-bond acceptors (Lipinski definition) is 3. The summed E-state index contributed by atoms with van der Waals surface area (Å²) >= 11 is 0. The maximum Gasteiger partial charge on any atom is 0.134 e. The third-order valence-electron chi connectivity index (χ3n) is 2.61. The molecule has 2 aromatic rings. The van der Waals surface area contributed by atoms with Crippen molar-refractivity contribution in [1.29, 1.82) is 0 Å². The quantitative estimate of drug-likeness (QED) is 0.861. The van der Waals surface area contributed by atoms with Gasteiger partial charge in [0.05, 0.1) is 6.61 Å². The molecule has 3 nitrogen and oxygen atoms in total. The number of benzene rings is 1. The van der Waals surface area contributed by atoms with Crippen LogP contribution in [0.3, 0.4) is 0 Å². The van der Waals surface area contributed by atoms with Crippen molar-refractivity contribution in [3.05, 3.63) is 35.6 Å². The average molecular weight is 220 g/mol. The Morgan fingerprint density at radius 3 is 2.88 bits per heavy atom. The SMILES string of the molecule is COCCc1ccc2oc(C(C)O)cc2c1. The van der Waals surface area contributed by atoms with E-state index in [4.69, 9.17) is 9.15 Å². The minimum Gasteiger partial charge on any atom is -0.458 e. The van der Waals surface area contributed by atoms with Gasteiger partial charge in [-0.25, -0.2) is 0 Å². The highest BCUT2D eigenvalue weighted by Crippen LogP contribution is 2.24. The van der Waals surface area contributed by atoms with E-state index in [-0.39, 0.29) is 0 Å². The Morgan fingerprint density at radius 2 is 2.19 bits per heavy atom. The zero-order valence-corrected chi connectivity index (χ0v) is 9.56. The summed E-state index contributed by atoms with van der Waals surface area (Å²) in [4.78, 5) is 0. The van der Waals surface area contributed by atoms with Crippen molar-refractivity contribution in [3.63, 3.8) is 0 Å². The van der Waals surface area contributed by atoms with E-state index < -0.39 is 6.10 Å². The van der Waals surface area contributed by atoms with Gasteiger partial charge in [0.25, 0.3) is 0 Å². The van der Waals surface area contributed by atoms with Gasteiger partial charge >= 0.3 is 0 Å². The molecular weight excluding hydrogens is 204 g/mol. The Hall–Kier alpha value is -1.32. The fraction of sp³-hybridized carbons (Fsp3) is 0.385. The third kappa shape index (κ3) is 2.26. The Morgan fingerprint density at radius 1 is 1.38 bits per heavy atom. The van der Waals surface area contributed by atoms with Crippen molar-refractivity contribution < 1.29 is 14.3 Å². The Balaban J connectivity index is 2.30. The number of furan rings is 1. The zero-order valence-electron chi connectivity index (χ0n) is 9.56. The van der Waals surface area contributed by atoms with E-state index in [1.165, 1.54) is 5.56 Å². The predicted octanol–water partition coefficient (Wildman–Crippen LogP) is 2.68. The molecule has 0 aliphatic carbocycles. The van der Waals surface area contributed by atoms with Gasteiger partial charge in [0.15, 0.2) is 0 Å². The lowest BCUT2D eigenvalue weighted by atomic mass is 10.1. The number of aliphatic hydroxyl groups excluding tert-OH is 1. The van der Waals surface area contributed by atoms with E-state index in [0.717, 1.165) is 17.4 Å². The van der Waals surface area contributed by atoms with E-state index in [1.807, 2.05) is 18.2 Å². The minimum absolute atomic E-state index is 0.560. The Kier molecular flexibility index (Phi) is 3.27. The van der Waals surface area contributed by atoms with Crippen molar-refractivity contribution >= 4 is 11.0 Å². The van der Waals surface area contributed by atoms with Crippen molar-refractivity contribution in [2.24, 2.45) is 0 Å². The molecule has 0 radical (unpaired) electrons. The van der Waals surface area contributed by atoms with Gasteiger partial charge in [-0.15, -0.1) is 0 Å². The highest BCUT2D eigenvalue weighted by atomic mass is 16.5. The lowest BCUT2D eigenvalue weighted by molar-refractivity contribution is 0.172. The third-order valence-corrected chi connectivity index (χ3v) is 2.61. The molecular formula is C13H16O3. The first-order valence-electron chi connectivity index (χ1n) is 5.40. The van der Waals surface area contributed by atoms with Crippen LogP contribution in [0.1, 0.15) is 24.4 Å². The molecule has 0 aliphatic rings. The zero-order chi connectivity index (χ0) is 11.5. The van der Waals surface area contributed by atoms with Gasteiger partial charge in [-0.2, -0.15) is 0 Å². The molecule has 1 atom stereocenters. The second kappa shape index (κ2) is 4.68. The van der Waals surface area contributed by atoms with E-state index in [9.17, 15) is 5.11 Å². The molecule has 1 N–H and O–H groups in total. The topological polar surface area (TPSA) is 42.6 Å². The minimum atomic E-state index is -0.560. The number of aliphatic hydroxyl groups is 1. The smallest absolute Gasteiger partial charge is 0.134 e. The second-order valence-corrected chi connectivity index (χ2v) is 3.94. The molecule has 0 saturated heterocycles. The highest BCUT2D eigenvalue weighted by Gasteiger charge is 2.08. The first-order valence-corrected chi connectivity index (χ1v) is 5.40. The summed E-state index contributed by atoms with van der Waals surface area (Å²) in [5.41, 5.74) is 2.03. The van der Waals surface area contributed by atoms with E-state index in [1.54, 1.807) is 14.0 Å². The fourth-order valence-electron chi connectivity index (χ4n) is 1.69. The second-order valence-electron chi connectivity index (χ2n) is 3.94. The van der Waals surface area contributed by atoms with Crippen molar-refractivity contribution in [3.8, 4) is 0 Å². The molecule has 1 aromatic carbocycles. The molecule has 0 spiro atoms.